The summed E-state index contributed by atoms with van der Waals surface area (Å²) in [6.07, 6.45) is -1.79. The van der Waals surface area contributed by atoms with Crippen molar-refractivity contribution in [2.75, 3.05) is 6.54 Å². The third-order valence-corrected chi connectivity index (χ3v) is 3.61. The van der Waals surface area contributed by atoms with Gasteiger partial charge in [0.05, 0.1) is 6.10 Å². The van der Waals surface area contributed by atoms with E-state index in [1.54, 1.807) is 0 Å². The minimum absolute atomic E-state index is 0.281. The molecule has 5 unspecified atom stereocenters. The molecule has 8 nitrogen and oxygen atoms in total. The van der Waals surface area contributed by atoms with E-state index in [9.17, 15) is 0 Å². The van der Waals surface area contributed by atoms with Crippen molar-refractivity contribution in [1.82, 2.24) is 5.43 Å². The molecule has 3 fully saturated rings. The molecule has 114 valence electrons. The van der Waals surface area contributed by atoms with Gasteiger partial charge >= 0.3 is 0 Å². The largest absolute Gasteiger partial charge is 0.411 e. The quantitative estimate of drug-likeness (QED) is 0.612. The highest BCUT2D eigenvalue weighted by molar-refractivity contribution is 5.00. The Kier molecular flexibility index (Phi) is 3.26. The molecule has 3 saturated heterocycles. The smallest absolute Gasteiger partial charge is 0.190 e. The average molecular weight is 286 g/mol. The first-order valence-corrected chi connectivity index (χ1v) is 6.75. The molecule has 0 aromatic heterocycles. The molecule has 3 aliphatic heterocycles. The second-order valence-corrected chi connectivity index (χ2v) is 6.17. The van der Waals surface area contributed by atoms with Crippen molar-refractivity contribution in [2.24, 2.45) is 5.22 Å². The molecule has 0 radical (unpaired) electrons. The SMILES string of the molecule is CC1(C)OC2OC(CNN=[N-])C3OC(C)(C)OC3C2O1. The number of nitrogens with zero attached hydrogens (tertiary/aromatic N) is 2. The van der Waals surface area contributed by atoms with Crippen LogP contribution in [0.5, 0.6) is 0 Å². The molecule has 5 atom stereocenters. The Morgan fingerprint density at radius 2 is 1.55 bits per heavy atom. The molecule has 0 amide bonds. The van der Waals surface area contributed by atoms with Gasteiger partial charge in [-0.25, -0.2) is 0 Å². The molecule has 0 spiro atoms. The highest BCUT2D eigenvalue weighted by atomic mass is 16.9. The lowest BCUT2D eigenvalue weighted by molar-refractivity contribution is -0.232. The molecule has 20 heavy (non-hydrogen) atoms. The molecule has 3 heterocycles. The van der Waals surface area contributed by atoms with Crippen molar-refractivity contribution in [2.45, 2.75) is 70.0 Å². The summed E-state index contributed by atoms with van der Waals surface area (Å²) in [4.78, 5) is 0. The normalized spacial score (nSPS) is 44.7. The Bertz CT molecular complexity index is 403. The van der Waals surface area contributed by atoms with Gasteiger partial charge in [-0.2, -0.15) is 0 Å². The second-order valence-electron chi connectivity index (χ2n) is 6.17. The third kappa shape index (κ3) is 2.42. The minimum atomic E-state index is -0.723. The van der Waals surface area contributed by atoms with Crippen LogP contribution in [-0.2, 0) is 23.7 Å². The maximum Gasteiger partial charge on any atom is 0.190 e. The van der Waals surface area contributed by atoms with Crippen molar-refractivity contribution in [3.63, 3.8) is 0 Å². The lowest BCUT2D eigenvalue weighted by atomic mass is 9.99. The average Bonchev–Trinajstić information content (AvgIpc) is 2.80. The number of ether oxygens (including phenoxy) is 5. The van der Waals surface area contributed by atoms with Gasteiger partial charge in [-0.15, -0.1) is 0 Å². The van der Waals surface area contributed by atoms with E-state index in [0.717, 1.165) is 0 Å². The summed E-state index contributed by atoms with van der Waals surface area (Å²) in [6, 6.07) is 0. The van der Waals surface area contributed by atoms with E-state index in [1.165, 1.54) is 0 Å². The van der Waals surface area contributed by atoms with Gasteiger partial charge in [-0.05, 0) is 34.2 Å². The fourth-order valence-corrected chi connectivity index (χ4v) is 2.99. The Hall–Kier alpha value is -0.800. The molecule has 0 saturated carbocycles. The molecule has 0 aliphatic carbocycles. The fourth-order valence-electron chi connectivity index (χ4n) is 2.99. The molecule has 8 heteroatoms. The molecule has 0 bridgehead atoms. The summed E-state index contributed by atoms with van der Waals surface area (Å²) < 4.78 is 29.3. The van der Waals surface area contributed by atoms with E-state index >= 15 is 0 Å². The number of fused-ring (bicyclic) bond motifs is 3. The highest BCUT2D eigenvalue weighted by Crippen LogP contribution is 2.43. The first kappa shape index (κ1) is 14.2. The van der Waals surface area contributed by atoms with Crippen molar-refractivity contribution in [1.29, 1.82) is 0 Å². The highest BCUT2D eigenvalue weighted by Gasteiger charge is 2.60. The summed E-state index contributed by atoms with van der Waals surface area (Å²) in [5.74, 6) is -1.43. The standard InChI is InChI=1S/C12H20N3O5/c1-11(2)17-7-6(5-14-15-13)16-10-9(8(7)18-11)19-12(3,4)20-10/h6-10H,5H2,1-4H3,(H-,13,14)/q-1. The van der Waals surface area contributed by atoms with Crippen LogP contribution >= 0.6 is 0 Å². The second kappa shape index (κ2) is 4.60. The van der Waals surface area contributed by atoms with E-state index < -0.39 is 17.9 Å². The Morgan fingerprint density at radius 3 is 2.25 bits per heavy atom. The Morgan fingerprint density at radius 1 is 0.950 bits per heavy atom. The first-order valence-electron chi connectivity index (χ1n) is 6.75. The Labute approximate surface area is 117 Å². The van der Waals surface area contributed by atoms with E-state index in [1.807, 2.05) is 27.7 Å². The van der Waals surface area contributed by atoms with Crippen LogP contribution in [0.25, 0.3) is 5.53 Å². The van der Waals surface area contributed by atoms with Gasteiger partial charge in [0.2, 0.25) is 0 Å². The van der Waals surface area contributed by atoms with Crippen molar-refractivity contribution in [3.05, 3.63) is 5.53 Å². The third-order valence-electron chi connectivity index (χ3n) is 3.61. The number of rotatable bonds is 3. The van der Waals surface area contributed by atoms with Crippen LogP contribution in [0.3, 0.4) is 0 Å². The summed E-state index contributed by atoms with van der Waals surface area (Å²) in [7, 11) is 0. The van der Waals surface area contributed by atoms with Gasteiger partial charge in [0.1, 0.15) is 18.3 Å². The van der Waals surface area contributed by atoms with Gasteiger partial charge in [0.25, 0.3) is 0 Å². The van der Waals surface area contributed by atoms with Crippen LogP contribution < -0.4 is 5.43 Å². The first-order chi connectivity index (χ1) is 9.31. The Balaban J connectivity index is 1.82. The minimum Gasteiger partial charge on any atom is -0.411 e. The molecule has 3 rings (SSSR count). The number of nitrogens with one attached hydrogen (secondary N) is 1. The summed E-state index contributed by atoms with van der Waals surface area (Å²) in [6.45, 7) is 7.66. The van der Waals surface area contributed by atoms with E-state index in [4.69, 9.17) is 29.2 Å². The molecule has 3 aliphatic rings. The van der Waals surface area contributed by atoms with Crippen molar-refractivity contribution >= 4 is 0 Å². The van der Waals surface area contributed by atoms with E-state index in [2.05, 4.69) is 10.6 Å². The monoisotopic (exact) mass is 286 g/mol. The fraction of sp³-hybridized carbons (Fsp3) is 1.00. The van der Waals surface area contributed by atoms with Gasteiger partial charge in [-0.1, -0.05) is 0 Å². The van der Waals surface area contributed by atoms with Gasteiger partial charge < -0.3 is 34.6 Å². The lowest BCUT2D eigenvalue weighted by Gasteiger charge is -2.38. The van der Waals surface area contributed by atoms with Crippen LogP contribution in [0.4, 0.5) is 0 Å². The molecule has 0 aromatic carbocycles. The van der Waals surface area contributed by atoms with Gasteiger partial charge in [0, 0.05) is 0 Å². The van der Waals surface area contributed by atoms with Crippen LogP contribution in [-0.4, -0.2) is 48.8 Å². The van der Waals surface area contributed by atoms with Gasteiger partial charge in [-0.3, -0.25) is 5.22 Å². The zero-order valence-corrected chi connectivity index (χ0v) is 12.0. The number of hydrogen-bond donors (Lipinski definition) is 1. The molecular formula is C12H20N3O5-. The molecule has 0 aromatic rings. The summed E-state index contributed by atoms with van der Waals surface area (Å²) >= 11 is 0. The van der Waals surface area contributed by atoms with Crippen LogP contribution in [0.2, 0.25) is 0 Å². The van der Waals surface area contributed by atoms with Crippen LogP contribution in [0.15, 0.2) is 5.22 Å². The molecule has 1 N–H and O–H groups in total. The molecular weight excluding hydrogens is 266 g/mol. The predicted octanol–water partition coefficient (Wildman–Crippen LogP) is 0.909. The van der Waals surface area contributed by atoms with E-state index in [-0.39, 0.29) is 24.4 Å². The number of hydrogen-bond acceptors (Lipinski definition) is 6. The van der Waals surface area contributed by atoms with E-state index in [0.29, 0.717) is 6.54 Å². The van der Waals surface area contributed by atoms with Gasteiger partial charge in [0.15, 0.2) is 17.9 Å². The van der Waals surface area contributed by atoms with Crippen LogP contribution in [0, 0.1) is 0 Å². The zero-order valence-electron chi connectivity index (χ0n) is 12.0. The summed E-state index contributed by atoms with van der Waals surface area (Å²) in [5.41, 5.74) is 11.0. The van der Waals surface area contributed by atoms with Crippen molar-refractivity contribution in [3.8, 4) is 0 Å². The predicted molar refractivity (Wildman–Crippen MR) is 66.3 cm³/mol. The maximum absolute atomic E-state index is 8.54. The zero-order chi connectivity index (χ0) is 14.5. The topological polar surface area (TPSA) is 92.8 Å². The maximum atomic E-state index is 8.54. The lowest BCUT2D eigenvalue weighted by Crippen LogP contribution is -2.57. The summed E-state index contributed by atoms with van der Waals surface area (Å²) in [5, 5.41) is 2.90. The van der Waals surface area contributed by atoms with Crippen molar-refractivity contribution < 1.29 is 23.7 Å². The van der Waals surface area contributed by atoms with Crippen LogP contribution in [0.1, 0.15) is 27.7 Å².